The Hall–Kier alpha value is -0.770. The Kier molecular flexibility index (Phi) is 2.91. The number of rotatable bonds is 3. The Morgan fingerprint density at radius 3 is 3.21 bits per heavy atom. The van der Waals surface area contributed by atoms with Crippen molar-refractivity contribution in [3.8, 4) is 5.75 Å². The molecule has 0 fully saturated rings. The van der Waals surface area contributed by atoms with E-state index in [9.17, 15) is 0 Å². The average molecular weight is 214 g/mol. The van der Waals surface area contributed by atoms with Crippen LogP contribution in [0.15, 0.2) is 12.1 Å². The minimum Gasteiger partial charge on any atom is -0.491 e. The van der Waals surface area contributed by atoms with Gasteiger partial charge in [0.15, 0.2) is 0 Å². The second-order valence-corrected chi connectivity index (χ2v) is 3.60. The van der Waals surface area contributed by atoms with Crippen LogP contribution in [-0.4, -0.2) is 13.7 Å². The third-order valence-corrected chi connectivity index (χ3v) is 2.50. The molecule has 1 aliphatic rings. The van der Waals surface area contributed by atoms with Crippen LogP contribution in [0.2, 0.25) is 5.02 Å². The summed E-state index contributed by atoms with van der Waals surface area (Å²) >= 11 is 6.06. The zero-order chi connectivity index (χ0) is 9.97. The normalized spacial score (nSPS) is 13.9. The van der Waals surface area contributed by atoms with Gasteiger partial charge in [-0.1, -0.05) is 17.7 Å². The molecule has 0 saturated carbocycles. The molecule has 0 amide bonds. The lowest BCUT2D eigenvalue weighted by molar-refractivity contribution is 0.0867. The molecule has 0 aliphatic carbocycles. The van der Waals surface area contributed by atoms with E-state index in [0.717, 1.165) is 24.3 Å². The van der Waals surface area contributed by atoms with E-state index < -0.39 is 0 Å². The third kappa shape index (κ3) is 1.85. The number of nitrogens with one attached hydrogen (secondary N) is 1. The number of halogens is 1. The fourth-order valence-electron chi connectivity index (χ4n) is 1.58. The van der Waals surface area contributed by atoms with Gasteiger partial charge < -0.3 is 9.57 Å². The van der Waals surface area contributed by atoms with Gasteiger partial charge in [0.1, 0.15) is 5.75 Å². The summed E-state index contributed by atoms with van der Waals surface area (Å²) < 4.78 is 5.41. The van der Waals surface area contributed by atoms with Crippen molar-refractivity contribution in [1.82, 2.24) is 5.48 Å². The Balaban J connectivity index is 2.23. The second kappa shape index (κ2) is 4.17. The summed E-state index contributed by atoms with van der Waals surface area (Å²) in [7, 11) is 1.60. The van der Waals surface area contributed by atoms with Crippen LogP contribution in [-0.2, 0) is 17.8 Å². The van der Waals surface area contributed by atoms with Gasteiger partial charge in [-0.2, -0.15) is 5.48 Å². The van der Waals surface area contributed by atoms with Crippen LogP contribution in [0.25, 0.3) is 0 Å². The Morgan fingerprint density at radius 1 is 1.57 bits per heavy atom. The minimum absolute atomic E-state index is 0.656. The number of fused-ring (bicyclic) bond motifs is 1. The van der Waals surface area contributed by atoms with Crippen molar-refractivity contribution in [1.29, 1.82) is 0 Å². The first kappa shape index (κ1) is 9.77. The van der Waals surface area contributed by atoms with Crippen LogP contribution >= 0.6 is 11.6 Å². The van der Waals surface area contributed by atoms with Gasteiger partial charge in [-0.05, 0) is 17.2 Å². The second-order valence-electron chi connectivity index (χ2n) is 3.19. The fourth-order valence-corrected chi connectivity index (χ4v) is 1.90. The van der Waals surface area contributed by atoms with Gasteiger partial charge in [0, 0.05) is 13.0 Å². The summed E-state index contributed by atoms with van der Waals surface area (Å²) in [5.74, 6) is 0.841. The highest BCUT2D eigenvalue weighted by Crippen LogP contribution is 2.34. The summed E-state index contributed by atoms with van der Waals surface area (Å²) in [6.07, 6.45) is 0.940. The topological polar surface area (TPSA) is 30.5 Å². The molecule has 4 heteroatoms. The largest absolute Gasteiger partial charge is 0.491 e. The summed E-state index contributed by atoms with van der Waals surface area (Å²) in [4.78, 5) is 4.78. The number of hydrogen-bond acceptors (Lipinski definition) is 3. The molecule has 1 aliphatic heterocycles. The van der Waals surface area contributed by atoms with E-state index in [-0.39, 0.29) is 0 Å². The average Bonchev–Trinajstić information content (AvgIpc) is 2.63. The summed E-state index contributed by atoms with van der Waals surface area (Å²) in [5.41, 5.74) is 5.08. The molecular weight excluding hydrogens is 202 g/mol. The van der Waals surface area contributed by atoms with E-state index in [1.165, 1.54) is 5.56 Å². The highest BCUT2D eigenvalue weighted by molar-refractivity contribution is 6.32. The van der Waals surface area contributed by atoms with Crippen LogP contribution < -0.4 is 10.2 Å². The molecule has 0 unspecified atom stereocenters. The maximum Gasteiger partial charge on any atom is 0.141 e. The van der Waals surface area contributed by atoms with Crippen molar-refractivity contribution in [2.45, 2.75) is 13.0 Å². The van der Waals surface area contributed by atoms with Crippen molar-refractivity contribution in [3.63, 3.8) is 0 Å². The molecule has 1 heterocycles. The molecule has 1 aromatic rings. The van der Waals surface area contributed by atoms with E-state index in [0.29, 0.717) is 11.6 Å². The van der Waals surface area contributed by atoms with Crippen molar-refractivity contribution in [3.05, 3.63) is 28.3 Å². The van der Waals surface area contributed by atoms with Gasteiger partial charge in [-0.25, -0.2) is 0 Å². The lowest BCUT2D eigenvalue weighted by Gasteiger charge is -2.06. The van der Waals surface area contributed by atoms with E-state index in [2.05, 4.69) is 11.5 Å². The van der Waals surface area contributed by atoms with E-state index in [4.69, 9.17) is 21.2 Å². The van der Waals surface area contributed by atoms with Crippen LogP contribution in [0.5, 0.6) is 5.75 Å². The standard InChI is InChI=1S/C10H12ClNO2/c1-13-12-6-7-4-8-2-3-14-10(8)9(11)5-7/h4-5,12H,2-3,6H2,1H3. The highest BCUT2D eigenvalue weighted by atomic mass is 35.5. The highest BCUT2D eigenvalue weighted by Gasteiger charge is 2.16. The van der Waals surface area contributed by atoms with E-state index in [1.54, 1.807) is 7.11 Å². The summed E-state index contributed by atoms with van der Waals surface area (Å²) in [6.45, 7) is 1.39. The molecule has 76 valence electrons. The monoisotopic (exact) mass is 213 g/mol. The van der Waals surface area contributed by atoms with Crippen LogP contribution in [0.3, 0.4) is 0 Å². The molecule has 0 aromatic heterocycles. The number of ether oxygens (including phenoxy) is 1. The third-order valence-electron chi connectivity index (χ3n) is 2.22. The first-order chi connectivity index (χ1) is 6.81. The minimum atomic E-state index is 0.656. The Labute approximate surface area is 87.9 Å². The van der Waals surface area contributed by atoms with E-state index >= 15 is 0 Å². The molecule has 2 rings (SSSR count). The first-order valence-corrected chi connectivity index (χ1v) is 4.89. The molecule has 0 spiro atoms. The maximum absolute atomic E-state index is 6.06. The Morgan fingerprint density at radius 2 is 2.43 bits per heavy atom. The molecule has 14 heavy (non-hydrogen) atoms. The van der Waals surface area contributed by atoms with Crippen molar-refractivity contribution >= 4 is 11.6 Å². The number of hydroxylamine groups is 1. The smallest absolute Gasteiger partial charge is 0.141 e. The molecule has 0 bridgehead atoms. The van der Waals surface area contributed by atoms with Gasteiger partial charge in [-0.3, -0.25) is 0 Å². The molecule has 3 nitrogen and oxygen atoms in total. The molecule has 1 N–H and O–H groups in total. The van der Waals surface area contributed by atoms with Crippen LogP contribution in [0.4, 0.5) is 0 Å². The van der Waals surface area contributed by atoms with E-state index in [1.807, 2.05) is 6.07 Å². The number of benzene rings is 1. The van der Waals surface area contributed by atoms with Crippen molar-refractivity contribution < 1.29 is 9.57 Å². The lowest BCUT2D eigenvalue weighted by Crippen LogP contribution is -2.10. The predicted molar refractivity (Wildman–Crippen MR) is 54.5 cm³/mol. The summed E-state index contributed by atoms with van der Waals surface area (Å²) in [5, 5.41) is 0.688. The Bertz CT molecular complexity index is 341. The van der Waals surface area contributed by atoms with Gasteiger partial charge in [0.05, 0.1) is 18.7 Å². The van der Waals surface area contributed by atoms with Crippen molar-refractivity contribution in [2.24, 2.45) is 0 Å². The van der Waals surface area contributed by atoms with Gasteiger partial charge in [0.2, 0.25) is 0 Å². The number of hydrogen-bond donors (Lipinski definition) is 1. The zero-order valence-corrected chi connectivity index (χ0v) is 8.73. The zero-order valence-electron chi connectivity index (χ0n) is 7.97. The van der Waals surface area contributed by atoms with Gasteiger partial charge in [0.25, 0.3) is 0 Å². The SMILES string of the molecule is CONCc1cc(Cl)c2c(c1)CCO2. The van der Waals surface area contributed by atoms with Crippen molar-refractivity contribution in [2.75, 3.05) is 13.7 Å². The quantitative estimate of drug-likeness (QED) is 0.779. The van der Waals surface area contributed by atoms with Crippen LogP contribution in [0.1, 0.15) is 11.1 Å². The van der Waals surface area contributed by atoms with Crippen LogP contribution in [0, 0.1) is 0 Å². The van der Waals surface area contributed by atoms with Gasteiger partial charge >= 0.3 is 0 Å². The molecular formula is C10H12ClNO2. The summed E-state index contributed by atoms with van der Waals surface area (Å²) in [6, 6.07) is 4.00. The molecule has 0 atom stereocenters. The maximum atomic E-state index is 6.06. The first-order valence-electron chi connectivity index (χ1n) is 4.51. The lowest BCUT2D eigenvalue weighted by atomic mass is 10.1. The fraction of sp³-hybridized carbons (Fsp3) is 0.400. The molecule has 0 radical (unpaired) electrons. The predicted octanol–water partition coefficient (Wildman–Crippen LogP) is 1.93. The van der Waals surface area contributed by atoms with Gasteiger partial charge in [-0.15, -0.1) is 0 Å². The molecule has 1 aromatic carbocycles. The molecule has 0 saturated heterocycles.